The van der Waals surface area contributed by atoms with Crippen molar-refractivity contribution in [3.8, 4) is 11.4 Å². The van der Waals surface area contributed by atoms with Crippen molar-refractivity contribution in [2.24, 2.45) is 0 Å². The fourth-order valence-electron chi connectivity index (χ4n) is 2.07. The molecule has 0 aliphatic heterocycles. The molecule has 0 aliphatic carbocycles. The topological polar surface area (TPSA) is 25.8 Å². The molecule has 2 heterocycles. The van der Waals surface area contributed by atoms with Gasteiger partial charge >= 0.3 is 0 Å². The number of aromatic nitrogens is 2. The van der Waals surface area contributed by atoms with Crippen molar-refractivity contribution in [1.82, 2.24) is 9.97 Å². The van der Waals surface area contributed by atoms with E-state index >= 15 is 0 Å². The third-order valence-corrected chi connectivity index (χ3v) is 3.51. The fourth-order valence-corrected chi connectivity index (χ4v) is 2.07. The summed E-state index contributed by atoms with van der Waals surface area (Å²) in [5, 5.41) is 0. The Kier molecular flexibility index (Phi) is 5.46. The Hall–Kier alpha value is -1.05. The van der Waals surface area contributed by atoms with E-state index in [9.17, 15) is 0 Å². The van der Waals surface area contributed by atoms with Gasteiger partial charge in [-0.2, -0.15) is 0 Å². The smallest absolute Gasteiger partial charge is 0.0889 e. The van der Waals surface area contributed by atoms with Gasteiger partial charge in [0, 0.05) is 32.5 Å². The second kappa shape index (κ2) is 6.37. The summed E-state index contributed by atoms with van der Waals surface area (Å²) in [6.07, 6.45) is 3.75. The summed E-state index contributed by atoms with van der Waals surface area (Å²) in [7, 11) is 0. The second-order valence-electron chi connectivity index (χ2n) is 7.36. The second-order valence-corrected chi connectivity index (χ2v) is 7.36. The van der Waals surface area contributed by atoms with E-state index in [0.29, 0.717) is 0 Å². The van der Waals surface area contributed by atoms with Crippen LogP contribution in [0.25, 0.3) is 11.4 Å². The zero-order valence-electron chi connectivity index (χ0n) is 13.7. The molecule has 0 N–H and O–H groups in total. The van der Waals surface area contributed by atoms with Gasteiger partial charge in [0.05, 0.1) is 11.4 Å². The van der Waals surface area contributed by atoms with Gasteiger partial charge in [0.15, 0.2) is 0 Å². The third-order valence-electron chi connectivity index (χ3n) is 3.51. The van der Waals surface area contributed by atoms with Crippen LogP contribution in [0.3, 0.4) is 0 Å². The number of rotatable bonds is 1. The molecule has 0 saturated carbocycles. The maximum Gasteiger partial charge on any atom is 0.0889 e. The van der Waals surface area contributed by atoms with E-state index in [2.05, 4.69) is 75.8 Å². The molecule has 0 bridgehead atoms. The SMILES string of the molecule is CC(C)(C)c1ccnc(-c2cc(C(C)(C)C)ccn2)c1.[Ir]. The van der Waals surface area contributed by atoms with E-state index in [-0.39, 0.29) is 30.9 Å². The summed E-state index contributed by atoms with van der Waals surface area (Å²) in [5.41, 5.74) is 4.71. The number of nitrogens with zero attached hydrogens (tertiary/aromatic N) is 2. The quantitative estimate of drug-likeness (QED) is 0.615. The van der Waals surface area contributed by atoms with Gasteiger partial charge in [-0.3, -0.25) is 9.97 Å². The summed E-state index contributed by atoms with van der Waals surface area (Å²) >= 11 is 0. The standard InChI is InChI=1S/C18H24N2.Ir/c1-17(2,3)13-7-9-19-15(11-13)16-12-14(8-10-20-16)18(4,5)6;/h7-12H,1-6H3;. The molecule has 0 aliphatic rings. The van der Waals surface area contributed by atoms with Gasteiger partial charge in [0.25, 0.3) is 0 Å². The predicted octanol–water partition coefficient (Wildman–Crippen LogP) is 4.74. The van der Waals surface area contributed by atoms with Crippen molar-refractivity contribution >= 4 is 0 Å². The number of pyridine rings is 2. The fraction of sp³-hybridized carbons (Fsp3) is 0.444. The summed E-state index contributed by atoms with van der Waals surface area (Å²) < 4.78 is 0. The molecule has 2 nitrogen and oxygen atoms in total. The van der Waals surface area contributed by atoms with E-state index in [1.165, 1.54) is 11.1 Å². The Balaban J connectivity index is 0.00000220. The van der Waals surface area contributed by atoms with Crippen LogP contribution in [0.1, 0.15) is 52.7 Å². The van der Waals surface area contributed by atoms with Crippen molar-refractivity contribution in [1.29, 1.82) is 0 Å². The molecule has 115 valence electrons. The third kappa shape index (κ3) is 4.46. The van der Waals surface area contributed by atoms with Crippen LogP contribution in [-0.4, -0.2) is 9.97 Å². The average molecular weight is 461 g/mol. The van der Waals surface area contributed by atoms with Crippen LogP contribution in [0, 0.1) is 0 Å². The number of hydrogen-bond donors (Lipinski definition) is 0. The van der Waals surface area contributed by atoms with Crippen LogP contribution >= 0.6 is 0 Å². The van der Waals surface area contributed by atoms with Gasteiger partial charge in [0.1, 0.15) is 0 Å². The maximum absolute atomic E-state index is 4.48. The molecular weight excluding hydrogens is 436 g/mol. The van der Waals surface area contributed by atoms with Crippen LogP contribution < -0.4 is 0 Å². The summed E-state index contributed by atoms with van der Waals surface area (Å²) in [6.45, 7) is 13.3. The molecule has 1 radical (unpaired) electrons. The van der Waals surface area contributed by atoms with Crippen molar-refractivity contribution in [3.05, 3.63) is 47.8 Å². The van der Waals surface area contributed by atoms with Crippen LogP contribution in [0.2, 0.25) is 0 Å². The minimum Gasteiger partial charge on any atom is -0.255 e. The first-order chi connectivity index (χ1) is 9.18. The van der Waals surface area contributed by atoms with Crippen LogP contribution in [0.4, 0.5) is 0 Å². The van der Waals surface area contributed by atoms with Gasteiger partial charge in [-0.05, 0) is 46.2 Å². The van der Waals surface area contributed by atoms with Gasteiger partial charge in [0.2, 0.25) is 0 Å². The minimum atomic E-state index is 0. The first-order valence-electron chi connectivity index (χ1n) is 7.11. The Morgan fingerprint density at radius 2 is 1.00 bits per heavy atom. The molecule has 0 atom stereocenters. The van der Waals surface area contributed by atoms with Gasteiger partial charge < -0.3 is 0 Å². The summed E-state index contributed by atoms with van der Waals surface area (Å²) in [6, 6.07) is 8.46. The zero-order valence-corrected chi connectivity index (χ0v) is 16.1. The molecule has 3 heteroatoms. The molecule has 21 heavy (non-hydrogen) atoms. The van der Waals surface area contributed by atoms with E-state index in [1.807, 2.05) is 12.4 Å². The minimum absolute atomic E-state index is 0. The largest absolute Gasteiger partial charge is 0.255 e. The van der Waals surface area contributed by atoms with Gasteiger partial charge in [-0.1, -0.05) is 41.5 Å². The molecule has 2 aromatic heterocycles. The van der Waals surface area contributed by atoms with E-state index in [4.69, 9.17) is 0 Å². The first kappa shape index (κ1) is 18.0. The van der Waals surface area contributed by atoms with E-state index < -0.39 is 0 Å². The Morgan fingerprint density at radius 1 is 0.667 bits per heavy atom. The van der Waals surface area contributed by atoms with Crippen molar-refractivity contribution in [2.75, 3.05) is 0 Å². The normalized spacial score (nSPS) is 11.9. The average Bonchev–Trinajstić information content (AvgIpc) is 2.37. The molecule has 2 rings (SSSR count). The summed E-state index contributed by atoms with van der Waals surface area (Å²) in [4.78, 5) is 8.97. The molecule has 0 unspecified atom stereocenters. The Bertz CT molecular complexity index is 552. The van der Waals surface area contributed by atoms with E-state index in [0.717, 1.165) is 11.4 Å². The molecule has 0 amide bonds. The van der Waals surface area contributed by atoms with Crippen molar-refractivity contribution in [2.45, 2.75) is 52.4 Å². The first-order valence-corrected chi connectivity index (χ1v) is 7.11. The molecular formula is C18H24IrN2. The predicted molar refractivity (Wildman–Crippen MR) is 84.9 cm³/mol. The molecule has 0 aromatic carbocycles. The Morgan fingerprint density at radius 3 is 1.29 bits per heavy atom. The number of hydrogen-bond acceptors (Lipinski definition) is 2. The maximum atomic E-state index is 4.48. The van der Waals surface area contributed by atoms with Crippen LogP contribution in [-0.2, 0) is 30.9 Å². The van der Waals surface area contributed by atoms with Crippen molar-refractivity contribution < 1.29 is 20.1 Å². The Labute approximate surface area is 141 Å². The molecule has 2 aromatic rings. The molecule has 0 fully saturated rings. The summed E-state index contributed by atoms with van der Waals surface area (Å²) in [5.74, 6) is 0. The molecule has 0 spiro atoms. The van der Waals surface area contributed by atoms with Gasteiger partial charge in [-0.25, -0.2) is 0 Å². The molecule has 0 saturated heterocycles. The van der Waals surface area contributed by atoms with Crippen LogP contribution in [0.5, 0.6) is 0 Å². The van der Waals surface area contributed by atoms with Gasteiger partial charge in [-0.15, -0.1) is 0 Å². The van der Waals surface area contributed by atoms with E-state index in [1.54, 1.807) is 0 Å². The van der Waals surface area contributed by atoms with Crippen molar-refractivity contribution in [3.63, 3.8) is 0 Å². The monoisotopic (exact) mass is 461 g/mol. The van der Waals surface area contributed by atoms with Crippen LogP contribution in [0.15, 0.2) is 36.7 Å². The zero-order chi connectivity index (χ0) is 15.0.